The topological polar surface area (TPSA) is 17.1 Å². The number of carbonyl (C=O) groups excluding carboxylic acids is 1. The van der Waals surface area contributed by atoms with E-state index in [1.54, 1.807) is 0 Å². The molecular formula is C14H15F3O. The molecule has 1 aromatic rings. The summed E-state index contributed by atoms with van der Waals surface area (Å²) in [6, 6.07) is 4.28. The van der Waals surface area contributed by atoms with Crippen molar-refractivity contribution in [2.75, 3.05) is 0 Å². The Balaban J connectivity index is 2.93. The van der Waals surface area contributed by atoms with E-state index in [0.717, 1.165) is 30.5 Å². The van der Waals surface area contributed by atoms with Crippen molar-refractivity contribution in [3.8, 4) is 0 Å². The van der Waals surface area contributed by atoms with Crippen molar-refractivity contribution in [1.29, 1.82) is 0 Å². The van der Waals surface area contributed by atoms with E-state index in [1.807, 2.05) is 13.8 Å². The van der Waals surface area contributed by atoms with Crippen molar-refractivity contribution >= 4 is 5.78 Å². The molecule has 1 rings (SSSR count). The number of halogens is 3. The number of rotatable bonds is 4. The third kappa shape index (κ3) is 3.72. The van der Waals surface area contributed by atoms with Gasteiger partial charge < -0.3 is 0 Å². The average molecular weight is 256 g/mol. The van der Waals surface area contributed by atoms with Crippen LogP contribution in [-0.4, -0.2) is 5.78 Å². The highest BCUT2D eigenvalue weighted by atomic mass is 19.4. The Bertz CT molecular complexity index is 435. The number of hydrogen-bond acceptors (Lipinski definition) is 1. The van der Waals surface area contributed by atoms with E-state index in [2.05, 4.69) is 0 Å². The van der Waals surface area contributed by atoms with Crippen molar-refractivity contribution in [3.63, 3.8) is 0 Å². The summed E-state index contributed by atoms with van der Waals surface area (Å²) >= 11 is 0. The fraction of sp³-hybridized carbons (Fsp3) is 0.357. The Hall–Kier alpha value is -1.58. The molecule has 0 unspecified atom stereocenters. The summed E-state index contributed by atoms with van der Waals surface area (Å²) in [5.74, 6) is -0.248. The summed E-state index contributed by atoms with van der Waals surface area (Å²) in [6.45, 7) is 3.88. The lowest BCUT2D eigenvalue weighted by Gasteiger charge is -2.06. The summed E-state index contributed by atoms with van der Waals surface area (Å²) in [4.78, 5) is 11.8. The molecule has 0 aliphatic carbocycles. The molecule has 18 heavy (non-hydrogen) atoms. The first kappa shape index (κ1) is 14.5. The minimum atomic E-state index is -4.37. The van der Waals surface area contributed by atoms with Crippen LogP contribution in [0.1, 0.15) is 42.6 Å². The fourth-order valence-electron chi connectivity index (χ4n) is 1.55. The molecule has 0 aliphatic heterocycles. The molecule has 0 aliphatic rings. The number of allylic oxidation sites excluding steroid dienone is 2. The highest BCUT2D eigenvalue weighted by Gasteiger charge is 2.30. The van der Waals surface area contributed by atoms with Gasteiger partial charge >= 0.3 is 6.18 Å². The maximum absolute atomic E-state index is 12.3. The maximum Gasteiger partial charge on any atom is 0.416 e. The van der Waals surface area contributed by atoms with Gasteiger partial charge in [0.1, 0.15) is 0 Å². The van der Waals surface area contributed by atoms with Crippen LogP contribution < -0.4 is 0 Å². The molecular weight excluding hydrogens is 241 g/mol. The average Bonchev–Trinajstić information content (AvgIpc) is 2.34. The monoisotopic (exact) mass is 256 g/mol. The first-order valence-electron chi connectivity index (χ1n) is 5.79. The molecule has 0 amide bonds. The third-order valence-electron chi connectivity index (χ3n) is 2.74. The molecule has 0 saturated carbocycles. The number of benzene rings is 1. The predicted octanol–water partition coefficient (Wildman–Crippen LogP) is 4.63. The van der Waals surface area contributed by atoms with Gasteiger partial charge in [-0.15, -0.1) is 0 Å². The second kappa shape index (κ2) is 5.85. The molecule has 0 fully saturated rings. The molecule has 0 spiro atoms. The number of carbonyl (C=O) groups is 1. The van der Waals surface area contributed by atoms with Gasteiger partial charge in [-0.2, -0.15) is 13.2 Å². The summed E-state index contributed by atoms with van der Waals surface area (Å²) < 4.78 is 37.0. The van der Waals surface area contributed by atoms with Crippen LogP contribution in [0.15, 0.2) is 35.9 Å². The Morgan fingerprint density at radius 2 is 1.61 bits per heavy atom. The van der Waals surface area contributed by atoms with Crippen molar-refractivity contribution in [2.24, 2.45) is 0 Å². The number of alkyl halides is 3. The lowest BCUT2D eigenvalue weighted by molar-refractivity contribution is -0.137. The summed E-state index contributed by atoms with van der Waals surface area (Å²) in [6.07, 6.45) is -1.33. The van der Waals surface area contributed by atoms with Crippen LogP contribution in [0.25, 0.3) is 0 Å². The van der Waals surface area contributed by atoms with E-state index in [9.17, 15) is 18.0 Å². The van der Waals surface area contributed by atoms with E-state index >= 15 is 0 Å². The normalized spacial score (nSPS) is 11.2. The van der Waals surface area contributed by atoms with Gasteiger partial charge in [0.25, 0.3) is 0 Å². The van der Waals surface area contributed by atoms with Gasteiger partial charge in [0.15, 0.2) is 5.78 Å². The fourth-order valence-corrected chi connectivity index (χ4v) is 1.55. The van der Waals surface area contributed by atoms with Gasteiger partial charge in [-0.25, -0.2) is 0 Å². The third-order valence-corrected chi connectivity index (χ3v) is 2.74. The molecule has 0 aromatic heterocycles. The van der Waals surface area contributed by atoms with Crippen LogP contribution in [0.2, 0.25) is 0 Å². The Labute approximate surface area is 104 Å². The van der Waals surface area contributed by atoms with Crippen molar-refractivity contribution in [3.05, 3.63) is 47.0 Å². The van der Waals surface area contributed by atoms with Crippen LogP contribution in [0.4, 0.5) is 13.2 Å². The van der Waals surface area contributed by atoms with Gasteiger partial charge in [0, 0.05) is 5.56 Å². The minimum Gasteiger partial charge on any atom is -0.289 e. The van der Waals surface area contributed by atoms with E-state index in [1.165, 1.54) is 18.2 Å². The minimum absolute atomic E-state index is 0.248. The number of ketones is 1. The van der Waals surface area contributed by atoms with Crippen molar-refractivity contribution < 1.29 is 18.0 Å². The quantitative estimate of drug-likeness (QED) is 0.566. The molecule has 0 heterocycles. The molecule has 98 valence electrons. The van der Waals surface area contributed by atoms with Gasteiger partial charge in [0.05, 0.1) is 5.56 Å². The molecule has 0 atom stereocenters. The molecule has 1 nitrogen and oxygen atoms in total. The number of hydrogen-bond donors (Lipinski definition) is 0. The molecule has 1 aromatic carbocycles. The summed E-state index contributed by atoms with van der Waals surface area (Å²) in [7, 11) is 0. The van der Waals surface area contributed by atoms with Gasteiger partial charge in [-0.3, -0.25) is 4.79 Å². The first-order valence-corrected chi connectivity index (χ1v) is 5.79. The predicted molar refractivity (Wildman–Crippen MR) is 64.4 cm³/mol. The zero-order valence-electron chi connectivity index (χ0n) is 10.3. The van der Waals surface area contributed by atoms with Crippen LogP contribution in [0.3, 0.4) is 0 Å². The highest BCUT2D eigenvalue weighted by molar-refractivity contribution is 6.04. The highest BCUT2D eigenvalue weighted by Crippen LogP contribution is 2.29. The SMILES string of the molecule is CCC(=CC(=O)c1ccc(C(F)(F)F)cc1)CC. The lowest BCUT2D eigenvalue weighted by atomic mass is 10.0. The Morgan fingerprint density at radius 1 is 1.11 bits per heavy atom. The smallest absolute Gasteiger partial charge is 0.289 e. The zero-order valence-corrected chi connectivity index (χ0v) is 10.3. The molecule has 0 bridgehead atoms. The van der Waals surface area contributed by atoms with E-state index in [0.29, 0.717) is 0 Å². The molecule has 0 N–H and O–H groups in total. The van der Waals surface area contributed by atoms with Crippen molar-refractivity contribution in [1.82, 2.24) is 0 Å². The van der Waals surface area contributed by atoms with Crippen LogP contribution >= 0.6 is 0 Å². The standard InChI is InChI=1S/C14H15F3O/c1-3-10(4-2)9-13(18)11-5-7-12(8-6-11)14(15,16)17/h5-9H,3-4H2,1-2H3. The summed E-state index contributed by atoms with van der Waals surface area (Å²) in [5.41, 5.74) is 0.525. The Morgan fingerprint density at radius 3 is 2.00 bits per heavy atom. The van der Waals surface area contributed by atoms with Gasteiger partial charge in [0.2, 0.25) is 0 Å². The second-order valence-corrected chi connectivity index (χ2v) is 3.95. The largest absolute Gasteiger partial charge is 0.416 e. The second-order valence-electron chi connectivity index (χ2n) is 3.95. The summed E-state index contributed by atoms with van der Waals surface area (Å²) in [5, 5.41) is 0. The zero-order chi connectivity index (χ0) is 13.8. The Kier molecular flexibility index (Phi) is 4.70. The van der Waals surface area contributed by atoms with Gasteiger partial charge in [-0.05, 0) is 31.1 Å². The van der Waals surface area contributed by atoms with Gasteiger partial charge in [-0.1, -0.05) is 31.6 Å². The molecule has 4 heteroatoms. The first-order chi connectivity index (χ1) is 8.38. The van der Waals surface area contributed by atoms with Crippen LogP contribution in [0, 0.1) is 0 Å². The molecule has 0 saturated heterocycles. The van der Waals surface area contributed by atoms with Crippen LogP contribution in [0.5, 0.6) is 0 Å². The maximum atomic E-state index is 12.3. The molecule has 0 radical (unpaired) electrons. The van der Waals surface area contributed by atoms with E-state index in [-0.39, 0.29) is 11.3 Å². The van der Waals surface area contributed by atoms with Crippen molar-refractivity contribution in [2.45, 2.75) is 32.9 Å². The van der Waals surface area contributed by atoms with Crippen LogP contribution in [-0.2, 0) is 6.18 Å². The lowest BCUT2D eigenvalue weighted by Crippen LogP contribution is -2.05. The van der Waals surface area contributed by atoms with E-state index < -0.39 is 11.7 Å². The van der Waals surface area contributed by atoms with E-state index in [4.69, 9.17) is 0 Å².